The molecule has 2 rings (SSSR count). The first-order valence-electron chi connectivity index (χ1n) is 3.93. The lowest BCUT2D eigenvalue weighted by Gasteiger charge is -1.98. The van der Waals surface area contributed by atoms with Crippen molar-refractivity contribution >= 4 is 5.82 Å². The largest absolute Gasteiger partial charge is 0.366 e. The van der Waals surface area contributed by atoms with Crippen molar-refractivity contribution in [2.24, 2.45) is 0 Å². The smallest absolute Gasteiger partial charge is 0.358 e. The maximum Gasteiger partial charge on any atom is 0.366 e. The van der Waals surface area contributed by atoms with Crippen LogP contribution in [0.5, 0.6) is 0 Å². The van der Waals surface area contributed by atoms with Gasteiger partial charge >= 0.3 is 5.82 Å². The molecule has 1 aromatic heterocycles. The Bertz CT molecular complexity index is 356. The van der Waals surface area contributed by atoms with Crippen molar-refractivity contribution in [3.05, 3.63) is 34.0 Å². The fourth-order valence-corrected chi connectivity index (χ4v) is 1.34. The van der Waals surface area contributed by atoms with Gasteiger partial charge in [0.1, 0.15) is 12.4 Å². The summed E-state index contributed by atoms with van der Waals surface area (Å²) >= 11 is 0. The molecule has 1 aliphatic carbocycles. The number of hydrogen-bond acceptors (Lipinski definition) is 3. The van der Waals surface area contributed by atoms with Gasteiger partial charge in [-0.15, -0.1) is 0 Å². The summed E-state index contributed by atoms with van der Waals surface area (Å²) < 4.78 is 12.7. The summed E-state index contributed by atoms with van der Waals surface area (Å²) in [6.07, 6.45) is 0.798. The van der Waals surface area contributed by atoms with Crippen LogP contribution in [0, 0.1) is 10.1 Å². The number of halogens is 1. The molecule has 4 nitrogen and oxygen atoms in total. The average molecular weight is 182 g/mol. The summed E-state index contributed by atoms with van der Waals surface area (Å²) in [6.45, 7) is 0. The van der Waals surface area contributed by atoms with Gasteiger partial charge in [0.2, 0.25) is 0 Å². The fraction of sp³-hybridized carbons (Fsp3) is 0.375. The molecule has 0 amide bonds. The molecule has 68 valence electrons. The van der Waals surface area contributed by atoms with Gasteiger partial charge in [-0.05, 0) is 28.5 Å². The van der Waals surface area contributed by atoms with Crippen LogP contribution in [0.1, 0.15) is 17.9 Å². The highest BCUT2D eigenvalue weighted by atomic mass is 19.1. The average Bonchev–Trinajstić information content (AvgIpc) is 2.82. The number of aromatic nitrogens is 1. The van der Waals surface area contributed by atoms with Crippen LogP contribution < -0.4 is 0 Å². The third-order valence-electron chi connectivity index (χ3n) is 2.10. The van der Waals surface area contributed by atoms with E-state index < -0.39 is 11.1 Å². The first-order chi connectivity index (χ1) is 6.20. The first-order valence-corrected chi connectivity index (χ1v) is 3.93. The molecule has 5 heteroatoms. The van der Waals surface area contributed by atoms with E-state index in [9.17, 15) is 14.5 Å². The maximum absolute atomic E-state index is 12.7. The van der Waals surface area contributed by atoms with Gasteiger partial charge < -0.3 is 10.1 Å². The standard InChI is InChI=1S/C8H7FN2O2/c9-7-4-6(7)5-2-1-3-10-8(5)11(12)13/h1-3,6-7H,4H2. The molecule has 1 aliphatic rings. The molecular weight excluding hydrogens is 175 g/mol. The molecule has 0 aromatic carbocycles. The first kappa shape index (κ1) is 8.10. The fourth-order valence-electron chi connectivity index (χ4n) is 1.34. The van der Waals surface area contributed by atoms with Crippen LogP contribution in [-0.4, -0.2) is 16.1 Å². The highest BCUT2D eigenvalue weighted by molar-refractivity contribution is 5.39. The van der Waals surface area contributed by atoms with Gasteiger partial charge in [-0.1, -0.05) is 0 Å². The monoisotopic (exact) mass is 182 g/mol. The van der Waals surface area contributed by atoms with Gasteiger partial charge in [0.25, 0.3) is 0 Å². The number of pyridine rings is 1. The van der Waals surface area contributed by atoms with Crippen molar-refractivity contribution in [1.29, 1.82) is 0 Å². The van der Waals surface area contributed by atoms with Gasteiger partial charge in [0.15, 0.2) is 0 Å². The molecule has 1 heterocycles. The molecular formula is C8H7FN2O2. The van der Waals surface area contributed by atoms with Crippen molar-refractivity contribution in [2.45, 2.75) is 18.5 Å². The lowest BCUT2D eigenvalue weighted by Crippen LogP contribution is -1.97. The van der Waals surface area contributed by atoms with E-state index in [1.165, 1.54) is 6.20 Å². The normalized spacial score (nSPS) is 25.6. The Morgan fingerprint density at radius 3 is 2.92 bits per heavy atom. The Balaban J connectivity index is 2.38. The van der Waals surface area contributed by atoms with Gasteiger partial charge in [0.05, 0.1) is 5.56 Å². The molecule has 2 atom stereocenters. The van der Waals surface area contributed by atoms with Gasteiger partial charge in [-0.2, -0.15) is 0 Å². The highest BCUT2D eigenvalue weighted by Crippen LogP contribution is 2.45. The number of rotatable bonds is 2. The van der Waals surface area contributed by atoms with Crippen molar-refractivity contribution in [2.75, 3.05) is 0 Å². The van der Waals surface area contributed by atoms with Crippen LogP contribution in [0.2, 0.25) is 0 Å². The van der Waals surface area contributed by atoms with Crippen molar-refractivity contribution in [3.63, 3.8) is 0 Å². The molecule has 0 radical (unpaired) electrons. The molecule has 1 aromatic rings. The van der Waals surface area contributed by atoms with Gasteiger partial charge in [-0.3, -0.25) is 0 Å². The third-order valence-corrected chi connectivity index (χ3v) is 2.10. The lowest BCUT2D eigenvalue weighted by atomic mass is 10.2. The zero-order valence-electron chi connectivity index (χ0n) is 6.68. The molecule has 2 unspecified atom stereocenters. The second-order valence-corrected chi connectivity index (χ2v) is 3.03. The van der Waals surface area contributed by atoms with E-state index in [4.69, 9.17) is 0 Å². The van der Waals surface area contributed by atoms with Gasteiger partial charge in [-0.25, -0.2) is 4.39 Å². The van der Waals surface area contributed by atoms with Crippen LogP contribution in [0.15, 0.2) is 18.3 Å². The maximum atomic E-state index is 12.7. The zero-order valence-corrected chi connectivity index (χ0v) is 6.68. The lowest BCUT2D eigenvalue weighted by molar-refractivity contribution is -0.390. The topological polar surface area (TPSA) is 56.0 Å². The summed E-state index contributed by atoms with van der Waals surface area (Å²) in [5.74, 6) is -0.526. The third kappa shape index (κ3) is 1.37. The second kappa shape index (κ2) is 2.76. The molecule has 1 saturated carbocycles. The second-order valence-electron chi connectivity index (χ2n) is 3.03. The zero-order chi connectivity index (χ0) is 9.42. The van der Waals surface area contributed by atoms with Crippen LogP contribution in [-0.2, 0) is 0 Å². The Labute approximate surface area is 73.6 Å². The van der Waals surface area contributed by atoms with Crippen molar-refractivity contribution < 1.29 is 9.31 Å². The van der Waals surface area contributed by atoms with Crippen LogP contribution in [0.3, 0.4) is 0 Å². The molecule has 0 bridgehead atoms. The molecule has 0 spiro atoms. The summed E-state index contributed by atoms with van der Waals surface area (Å²) in [4.78, 5) is 13.5. The Morgan fingerprint density at radius 1 is 1.69 bits per heavy atom. The van der Waals surface area contributed by atoms with Crippen molar-refractivity contribution in [3.8, 4) is 0 Å². The number of nitrogens with zero attached hydrogens (tertiary/aromatic N) is 2. The molecule has 0 aliphatic heterocycles. The minimum absolute atomic E-state index is 0.215. The van der Waals surface area contributed by atoms with Crippen LogP contribution in [0.4, 0.5) is 10.2 Å². The summed E-state index contributed by atoms with van der Waals surface area (Å²) in [7, 11) is 0. The van der Waals surface area contributed by atoms with E-state index in [-0.39, 0.29) is 11.7 Å². The van der Waals surface area contributed by atoms with E-state index in [0.717, 1.165) is 0 Å². The van der Waals surface area contributed by atoms with E-state index >= 15 is 0 Å². The number of alkyl halides is 1. The highest BCUT2D eigenvalue weighted by Gasteiger charge is 2.42. The van der Waals surface area contributed by atoms with E-state index in [1.807, 2.05) is 0 Å². The van der Waals surface area contributed by atoms with E-state index in [1.54, 1.807) is 12.1 Å². The minimum Gasteiger partial charge on any atom is -0.358 e. The van der Waals surface area contributed by atoms with Crippen LogP contribution in [0.25, 0.3) is 0 Å². The molecule has 1 fully saturated rings. The number of hydrogen-bond donors (Lipinski definition) is 0. The summed E-state index contributed by atoms with van der Waals surface area (Å²) in [6, 6.07) is 3.16. The molecule has 0 N–H and O–H groups in total. The summed E-state index contributed by atoms with van der Waals surface area (Å²) in [5.41, 5.74) is 0.417. The predicted molar refractivity (Wildman–Crippen MR) is 43.1 cm³/mol. The number of nitro groups is 1. The van der Waals surface area contributed by atoms with E-state index in [0.29, 0.717) is 12.0 Å². The Morgan fingerprint density at radius 2 is 2.38 bits per heavy atom. The molecule has 13 heavy (non-hydrogen) atoms. The van der Waals surface area contributed by atoms with E-state index in [2.05, 4.69) is 4.98 Å². The minimum atomic E-state index is -0.928. The van der Waals surface area contributed by atoms with Gasteiger partial charge in [0, 0.05) is 5.92 Å². The van der Waals surface area contributed by atoms with Crippen LogP contribution >= 0.6 is 0 Å². The van der Waals surface area contributed by atoms with Crippen molar-refractivity contribution in [1.82, 2.24) is 4.98 Å². The Hall–Kier alpha value is -1.52. The molecule has 0 saturated heterocycles. The Kier molecular flexibility index (Phi) is 1.72. The quantitative estimate of drug-likeness (QED) is 0.517. The summed E-state index contributed by atoms with van der Waals surface area (Å²) in [5, 5.41) is 10.5. The SMILES string of the molecule is O=[N+]([O-])c1ncccc1C1CC1F. The predicted octanol–water partition coefficient (Wildman–Crippen LogP) is 1.82.